The first kappa shape index (κ1) is 9.02. The molecule has 0 spiro atoms. The van der Waals surface area contributed by atoms with Crippen molar-refractivity contribution >= 4 is 5.97 Å². The second-order valence-corrected chi connectivity index (χ2v) is 3.06. The zero-order valence-electron chi connectivity index (χ0n) is 7.64. The van der Waals surface area contributed by atoms with E-state index < -0.39 is 12.1 Å². The molecule has 1 N–H and O–H groups in total. The van der Waals surface area contributed by atoms with Gasteiger partial charge in [0.05, 0.1) is 7.11 Å². The number of hydrogen-bond donors (Lipinski definition) is 1. The van der Waals surface area contributed by atoms with E-state index in [1.807, 2.05) is 18.2 Å². The summed E-state index contributed by atoms with van der Waals surface area (Å²) in [6.45, 7) is 0. The Hall–Kier alpha value is -1.55. The Morgan fingerprint density at radius 2 is 2.21 bits per heavy atom. The molecule has 0 bridgehead atoms. The van der Waals surface area contributed by atoms with E-state index in [9.17, 15) is 4.79 Å². The van der Waals surface area contributed by atoms with Crippen LogP contribution in [0.25, 0.3) is 0 Å². The number of benzene rings is 1. The van der Waals surface area contributed by atoms with Gasteiger partial charge >= 0.3 is 5.97 Å². The van der Waals surface area contributed by atoms with Gasteiger partial charge in [-0.25, -0.2) is 4.79 Å². The fourth-order valence-corrected chi connectivity index (χ4v) is 1.44. The Bertz CT molecular complexity index is 361. The molecule has 4 heteroatoms. The van der Waals surface area contributed by atoms with Gasteiger partial charge in [-0.1, -0.05) is 18.2 Å². The monoisotopic (exact) mass is 194 g/mol. The topological polar surface area (TPSA) is 59.1 Å². The van der Waals surface area contributed by atoms with Gasteiger partial charge in [0, 0.05) is 5.56 Å². The molecule has 2 rings (SSSR count). The van der Waals surface area contributed by atoms with Crippen LogP contribution in [0.2, 0.25) is 0 Å². The van der Waals surface area contributed by atoms with E-state index >= 15 is 0 Å². The van der Waals surface area contributed by atoms with Gasteiger partial charge < -0.3 is 14.6 Å². The molecule has 1 heterocycles. The summed E-state index contributed by atoms with van der Waals surface area (Å²) in [5.41, 5.74) is 0.794. The number of aliphatic carboxylic acids is 1. The van der Waals surface area contributed by atoms with E-state index in [2.05, 4.69) is 0 Å². The van der Waals surface area contributed by atoms with E-state index in [4.69, 9.17) is 14.6 Å². The number of carbonyl (C=O) groups is 1. The average Bonchev–Trinajstić information content (AvgIpc) is 2.97. The van der Waals surface area contributed by atoms with E-state index in [0.717, 1.165) is 5.56 Å². The first-order chi connectivity index (χ1) is 6.74. The molecule has 1 aliphatic rings. The van der Waals surface area contributed by atoms with Gasteiger partial charge in [0.15, 0.2) is 6.10 Å². The van der Waals surface area contributed by atoms with Crippen LogP contribution in [-0.4, -0.2) is 24.3 Å². The molecule has 0 saturated carbocycles. The minimum absolute atomic E-state index is 0.358. The van der Waals surface area contributed by atoms with Crippen molar-refractivity contribution in [1.29, 1.82) is 0 Å². The van der Waals surface area contributed by atoms with Gasteiger partial charge in [-0.15, -0.1) is 0 Å². The lowest BCUT2D eigenvalue weighted by Gasteiger charge is -2.04. The van der Waals surface area contributed by atoms with Crippen LogP contribution in [0.3, 0.4) is 0 Å². The Balaban J connectivity index is 2.22. The molecule has 1 aromatic rings. The number of ether oxygens (including phenoxy) is 2. The summed E-state index contributed by atoms with van der Waals surface area (Å²) in [7, 11) is 1.55. The van der Waals surface area contributed by atoms with Crippen LogP contribution < -0.4 is 4.74 Å². The summed E-state index contributed by atoms with van der Waals surface area (Å²) in [5.74, 6) is -0.262. The number of hydrogen-bond acceptors (Lipinski definition) is 3. The predicted octanol–water partition coefficient (Wildman–Crippen LogP) is 1.22. The zero-order chi connectivity index (χ0) is 10.1. The number of methoxy groups -OCH3 is 1. The Morgan fingerprint density at radius 3 is 2.79 bits per heavy atom. The first-order valence-corrected chi connectivity index (χ1v) is 4.25. The van der Waals surface area contributed by atoms with Crippen molar-refractivity contribution in [2.45, 2.75) is 12.2 Å². The first-order valence-electron chi connectivity index (χ1n) is 4.25. The number of carboxylic acids is 1. The molecule has 0 aromatic heterocycles. The molecule has 1 aliphatic heterocycles. The van der Waals surface area contributed by atoms with E-state index in [1.165, 1.54) is 0 Å². The van der Waals surface area contributed by atoms with E-state index in [0.29, 0.717) is 5.75 Å². The van der Waals surface area contributed by atoms with Gasteiger partial charge in [0.1, 0.15) is 11.9 Å². The van der Waals surface area contributed by atoms with Gasteiger partial charge in [0.2, 0.25) is 0 Å². The maximum absolute atomic E-state index is 10.6. The highest BCUT2D eigenvalue weighted by atomic mass is 16.6. The summed E-state index contributed by atoms with van der Waals surface area (Å²) in [4.78, 5) is 10.6. The van der Waals surface area contributed by atoms with Crippen LogP contribution in [0.1, 0.15) is 11.7 Å². The molecule has 0 unspecified atom stereocenters. The maximum Gasteiger partial charge on any atom is 0.335 e. The zero-order valence-corrected chi connectivity index (χ0v) is 7.64. The molecule has 0 aliphatic carbocycles. The van der Waals surface area contributed by atoms with Crippen molar-refractivity contribution < 1.29 is 19.4 Å². The number of para-hydroxylation sites is 1. The van der Waals surface area contributed by atoms with Gasteiger partial charge in [-0.2, -0.15) is 0 Å². The highest BCUT2D eigenvalue weighted by Crippen LogP contribution is 2.42. The van der Waals surface area contributed by atoms with Crippen molar-refractivity contribution in [2.75, 3.05) is 7.11 Å². The maximum atomic E-state index is 10.6. The molecule has 4 nitrogen and oxygen atoms in total. The van der Waals surface area contributed by atoms with Gasteiger partial charge in [-0.05, 0) is 6.07 Å². The lowest BCUT2D eigenvalue weighted by Crippen LogP contribution is -2.05. The predicted molar refractivity (Wildman–Crippen MR) is 48.2 cm³/mol. The van der Waals surface area contributed by atoms with Crippen LogP contribution in [0.4, 0.5) is 0 Å². The Morgan fingerprint density at radius 1 is 1.50 bits per heavy atom. The van der Waals surface area contributed by atoms with Crippen molar-refractivity contribution in [3.8, 4) is 5.75 Å². The number of rotatable bonds is 3. The summed E-state index contributed by atoms with van der Waals surface area (Å²) in [6, 6.07) is 7.27. The third-order valence-electron chi connectivity index (χ3n) is 2.18. The van der Waals surface area contributed by atoms with Crippen LogP contribution in [0.5, 0.6) is 5.75 Å². The molecule has 74 valence electrons. The molecule has 14 heavy (non-hydrogen) atoms. The van der Waals surface area contributed by atoms with Crippen LogP contribution in [-0.2, 0) is 9.53 Å². The summed E-state index contributed by atoms with van der Waals surface area (Å²) in [6.07, 6.45) is -1.07. The second-order valence-electron chi connectivity index (χ2n) is 3.06. The van der Waals surface area contributed by atoms with Crippen LogP contribution in [0.15, 0.2) is 24.3 Å². The minimum atomic E-state index is -0.930. The SMILES string of the molecule is COc1ccccc1[C@H]1O[C@@H]1C(=O)O. The quantitative estimate of drug-likeness (QED) is 0.735. The molecule has 1 aromatic carbocycles. The molecular weight excluding hydrogens is 184 g/mol. The van der Waals surface area contributed by atoms with Crippen molar-refractivity contribution in [2.24, 2.45) is 0 Å². The third-order valence-corrected chi connectivity index (χ3v) is 2.18. The Labute approximate surface area is 81.1 Å². The fraction of sp³-hybridized carbons (Fsp3) is 0.300. The van der Waals surface area contributed by atoms with Crippen molar-refractivity contribution in [3.63, 3.8) is 0 Å². The van der Waals surface area contributed by atoms with E-state index in [1.54, 1.807) is 13.2 Å². The molecule has 2 atom stereocenters. The normalized spacial score (nSPS) is 24.4. The molecule has 1 fully saturated rings. The lowest BCUT2D eigenvalue weighted by atomic mass is 10.1. The number of epoxide rings is 1. The smallest absolute Gasteiger partial charge is 0.335 e. The Kier molecular flexibility index (Phi) is 2.13. The van der Waals surface area contributed by atoms with Crippen LogP contribution in [0, 0.1) is 0 Å². The van der Waals surface area contributed by atoms with Gasteiger partial charge in [-0.3, -0.25) is 0 Å². The highest BCUT2D eigenvalue weighted by Gasteiger charge is 2.47. The average molecular weight is 194 g/mol. The summed E-state index contributed by atoms with van der Waals surface area (Å²) < 4.78 is 10.1. The standard InChI is InChI=1S/C10H10O4/c1-13-7-5-3-2-4-6(7)8-9(14-8)10(11)12/h2-5,8-9H,1H3,(H,11,12)/t8-,9+/m1/s1. The van der Waals surface area contributed by atoms with Crippen molar-refractivity contribution in [3.05, 3.63) is 29.8 Å². The molecule has 0 amide bonds. The van der Waals surface area contributed by atoms with Crippen molar-refractivity contribution in [1.82, 2.24) is 0 Å². The number of carboxylic acid groups (broad SMARTS) is 1. The minimum Gasteiger partial charge on any atom is -0.496 e. The van der Waals surface area contributed by atoms with Crippen LogP contribution >= 0.6 is 0 Å². The summed E-state index contributed by atoms with van der Waals surface area (Å²) >= 11 is 0. The van der Waals surface area contributed by atoms with E-state index in [-0.39, 0.29) is 6.10 Å². The third kappa shape index (κ3) is 1.44. The fourth-order valence-electron chi connectivity index (χ4n) is 1.44. The molecule has 1 saturated heterocycles. The highest BCUT2D eigenvalue weighted by molar-refractivity contribution is 5.76. The lowest BCUT2D eigenvalue weighted by molar-refractivity contribution is -0.138. The largest absolute Gasteiger partial charge is 0.496 e. The molecular formula is C10H10O4. The molecule has 0 radical (unpaired) electrons. The summed E-state index contributed by atoms with van der Waals surface area (Å²) in [5, 5.41) is 8.68. The van der Waals surface area contributed by atoms with Gasteiger partial charge in [0.25, 0.3) is 0 Å². The second kappa shape index (κ2) is 3.31.